The van der Waals surface area contributed by atoms with E-state index in [9.17, 15) is 18.0 Å². The Kier molecular flexibility index (Phi) is 2.16. The van der Waals surface area contributed by atoms with Crippen LogP contribution in [0.1, 0.15) is 6.42 Å². The van der Waals surface area contributed by atoms with Gasteiger partial charge in [-0.15, -0.1) is 0 Å². The van der Waals surface area contributed by atoms with Crippen molar-refractivity contribution in [3.05, 3.63) is 0 Å². The Morgan fingerprint density at radius 1 is 1.50 bits per heavy atom. The fourth-order valence-electron chi connectivity index (χ4n) is 1.20. The number of hydrogen-bond acceptors (Lipinski definition) is 1. The van der Waals surface area contributed by atoms with Crippen LogP contribution < -0.4 is 0 Å². The third-order valence-corrected chi connectivity index (χ3v) is 1.92. The van der Waals surface area contributed by atoms with E-state index in [1.165, 1.54) is 0 Å². The highest BCUT2D eigenvalue weighted by atomic mass is 19.4. The number of amides is 1. The Balaban J connectivity index is 2.51. The summed E-state index contributed by atoms with van der Waals surface area (Å²) < 4.78 is 35.9. The molecule has 1 unspecified atom stereocenters. The van der Waals surface area contributed by atoms with Gasteiger partial charge in [0.1, 0.15) is 0 Å². The number of nitrogens with zero attached hydrogens (tertiary/aromatic N) is 1. The zero-order chi connectivity index (χ0) is 9.35. The molecule has 0 aromatic carbocycles. The zero-order valence-corrected chi connectivity index (χ0v) is 6.14. The normalized spacial score (nSPS) is 24.6. The van der Waals surface area contributed by atoms with Crippen molar-refractivity contribution in [2.45, 2.75) is 12.6 Å². The van der Waals surface area contributed by atoms with Crippen LogP contribution in [-0.4, -0.2) is 35.4 Å². The summed E-state index contributed by atoms with van der Waals surface area (Å²) in [6.45, 7) is -0.432. The van der Waals surface area contributed by atoms with Crippen LogP contribution in [-0.2, 0) is 0 Å². The van der Waals surface area contributed by atoms with Crippen molar-refractivity contribution in [3.8, 4) is 0 Å². The molecule has 1 rings (SSSR count). The number of halogens is 3. The number of hydrogen-bond donors (Lipinski definition) is 1. The van der Waals surface area contributed by atoms with Crippen LogP contribution in [0.3, 0.4) is 0 Å². The molecule has 1 fully saturated rings. The lowest BCUT2D eigenvalue weighted by Gasteiger charge is -2.14. The van der Waals surface area contributed by atoms with Gasteiger partial charge >= 0.3 is 12.3 Å². The van der Waals surface area contributed by atoms with Crippen molar-refractivity contribution in [3.63, 3.8) is 0 Å². The Labute approximate surface area is 66.8 Å². The second kappa shape index (κ2) is 2.84. The Morgan fingerprint density at radius 3 is 2.33 bits per heavy atom. The number of carboxylic acid groups (broad SMARTS) is 1. The lowest BCUT2D eigenvalue weighted by atomic mass is 10.1. The van der Waals surface area contributed by atoms with E-state index in [-0.39, 0.29) is 13.0 Å². The highest BCUT2D eigenvalue weighted by Gasteiger charge is 2.44. The first kappa shape index (κ1) is 9.15. The molecule has 1 aliphatic heterocycles. The molecule has 0 aromatic heterocycles. The fraction of sp³-hybridized carbons (Fsp3) is 0.833. The topological polar surface area (TPSA) is 40.5 Å². The van der Waals surface area contributed by atoms with E-state index < -0.39 is 24.7 Å². The maximum Gasteiger partial charge on any atom is 0.407 e. The molecule has 1 heterocycles. The summed E-state index contributed by atoms with van der Waals surface area (Å²) in [4.78, 5) is 11.0. The maximum atomic E-state index is 12.0. The van der Waals surface area contributed by atoms with Gasteiger partial charge in [0.15, 0.2) is 0 Å². The Bertz CT molecular complexity index is 192. The van der Waals surface area contributed by atoms with Gasteiger partial charge in [-0.3, -0.25) is 0 Å². The van der Waals surface area contributed by atoms with Crippen LogP contribution >= 0.6 is 0 Å². The highest BCUT2D eigenvalue weighted by Crippen LogP contribution is 2.33. The summed E-state index contributed by atoms with van der Waals surface area (Å²) in [6.07, 6.45) is -5.65. The monoisotopic (exact) mass is 183 g/mol. The molecule has 1 N–H and O–H groups in total. The van der Waals surface area contributed by atoms with Crippen molar-refractivity contribution >= 4 is 6.09 Å². The maximum absolute atomic E-state index is 12.0. The predicted octanol–water partition coefficient (Wildman–Crippen LogP) is 1.55. The predicted molar refractivity (Wildman–Crippen MR) is 33.8 cm³/mol. The molecule has 1 saturated heterocycles. The molecule has 3 nitrogen and oxygen atoms in total. The van der Waals surface area contributed by atoms with Gasteiger partial charge in [-0.05, 0) is 6.42 Å². The number of rotatable bonds is 0. The molecule has 6 heteroatoms. The lowest BCUT2D eigenvalue weighted by molar-refractivity contribution is -0.170. The quantitative estimate of drug-likeness (QED) is 0.618. The molecule has 0 radical (unpaired) electrons. The summed E-state index contributed by atoms with van der Waals surface area (Å²) in [5.41, 5.74) is 0. The van der Waals surface area contributed by atoms with Crippen LogP contribution in [0.25, 0.3) is 0 Å². The van der Waals surface area contributed by atoms with Crippen LogP contribution in [0.5, 0.6) is 0 Å². The van der Waals surface area contributed by atoms with E-state index >= 15 is 0 Å². The van der Waals surface area contributed by atoms with Gasteiger partial charge in [0.2, 0.25) is 0 Å². The van der Waals surface area contributed by atoms with Gasteiger partial charge in [0.25, 0.3) is 0 Å². The molecule has 1 amide bonds. The number of alkyl halides is 3. The van der Waals surface area contributed by atoms with Crippen molar-refractivity contribution in [2.24, 2.45) is 5.92 Å². The SMILES string of the molecule is O=C(O)N1CCC(C(F)(F)F)C1. The summed E-state index contributed by atoms with van der Waals surface area (Å²) in [6, 6.07) is 0. The third-order valence-electron chi connectivity index (χ3n) is 1.92. The van der Waals surface area contributed by atoms with E-state index in [2.05, 4.69) is 0 Å². The van der Waals surface area contributed by atoms with Gasteiger partial charge in [0.05, 0.1) is 5.92 Å². The molecule has 12 heavy (non-hydrogen) atoms. The van der Waals surface area contributed by atoms with Crippen molar-refractivity contribution in [1.82, 2.24) is 4.90 Å². The number of carbonyl (C=O) groups is 1. The minimum absolute atomic E-state index is 0.0144. The molecule has 1 atom stereocenters. The largest absolute Gasteiger partial charge is 0.465 e. The van der Waals surface area contributed by atoms with Crippen LogP contribution in [0.2, 0.25) is 0 Å². The smallest absolute Gasteiger partial charge is 0.407 e. The molecule has 0 bridgehead atoms. The third kappa shape index (κ3) is 1.80. The molecular formula is C6H8F3NO2. The Hall–Kier alpha value is -0.940. The van der Waals surface area contributed by atoms with Gasteiger partial charge < -0.3 is 10.0 Å². The van der Waals surface area contributed by atoms with Crippen molar-refractivity contribution in [1.29, 1.82) is 0 Å². The first-order chi connectivity index (χ1) is 5.41. The van der Waals surface area contributed by atoms with Gasteiger partial charge in [0, 0.05) is 13.1 Å². The van der Waals surface area contributed by atoms with E-state index in [1.54, 1.807) is 0 Å². The second-order valence-electron chi connectivity index (χ2n) is 2.76. The first-order valence-electron chi connectivity index (χ1n) is 3.46. The number of likely N-dealkylation sites (tertiary alicyclic amines) is 1. The average molecular weight is 183 g/mol. The molecule has 70 valence electrons. The van der Waals surface area contributed by atoms with E-state index in [0.29, 0.717) is 0 Å². The first-order valence-corrected chi connectivity index (χ1v) is 3.46. The van der Waals surface area contributed by atoms with Crippen molar-refractivity contribution < 1.29 is 23.1 Å². The van der Waals surface area contributed by atoms with Crippen molar-refractivity contribution in [2.75, 3.05) is 13.1 Å². The standard InChI is InChI=1S/C6H8F3NO2/c7-6(8,9)4-1-2-10(3-4)5(11)12/h4H,1-3H2,(H,11,12). The van der Waals surface area contributed by atoms with Gasteiger partial charge in [-0.2, -0.15) is 13.2 Å². The molecule has 0 aromatic rings. The van der Waals surface area contributed by atoms with Crippen LogP contribution in [0.4, 0.5) is 18.0 Å². The minimum atomic E-state index is -4.26. The van der Waals surface area contributed by atoms with Gasteiger partial charge in [-0.1, -0.05) is 0 Å². The summed E-state index contributed by atoms with van der Waals surface area (Å²) in [7, 11) is 0. The second-order valence-corrected chi connectivity index (χ2v) is 2.76. The zero-order valence-electron chi connectivity index (χ0n) is 6.14. The summed E-state index contributed by atoms with van der Waals surface area (Å²) >= 11 is 0. The lowest BCUT2D eigenvalue weighted by Crippen LogP contribution is -2.30. The van der Waals surface area contributed by atoms with E-state index in [0.717, 1.165) is 4.90 Å². The van der Waals surface area contributed by atoms with Crippen LogP contribution in [0.15, 0.2) is 0 Å². The minimum Gasteiger partial charge on any atom is -0.465 e. The highest BCUT2D eigenvalue weighted by molar-refractivity contribution is 5.65. The molecule has 0 saturated carbocycles. The van der Waals surface area contributed by atoms with Gasteiger partial charge in [-0.25, -0.2) is 4.79 Å². The molecule has 0 spiro atoms. The van der Waals surface area contributed by atoms with E-state index in [1.807, 2.05) is 0 Å². The fourth-order valence-corrected chi connectivity index (χ4v) is 1.20. The average Bonchev–Trinajstić information content (AvgIpc) is 2.30. The molecule has 1 aliphatic rings. The van der Waals surface area contributed by atoms with Crippen LogP contribution in [0, 0.1) is 5.92 Å². The molecule has 0 aliphatic carbocycles. The summed E-state index contributed by atoms with van der Waals surface area (Å²) in [5, 5.41) is 8.36. The Morgan fingerprint density at radius 2 is 2.08 bits per heavy atom. The van der Waals surface area contributed by atoms with E-state index in [4.69, 9.17) is 5.11 Å². The summed E-state index contributed by atoms with van der Waals surface area (Å²) in [5.74, 6) is -1.48. The molecular weight excluding hydrogens is 175 g/mol.